The zero-order valence-corrected chi connectivity index (χ0v) is 42.5. The second-order valence-electron chi connectivity index (χ2n) is 19.4. The summed E-state index contributed by atoms with van der Waals surface area (Å²) in [4.78, 5) is 69.4. The molecule has 0 saturated carbocycles. The van der Waals surface area contributed by atoms with Crippen LogP contribution in [0.4, 0.5) is 5.69 Å². The van der Waals surface area contributed by atoms with Gasteiger partial charge in [-0.1, -0.05) is 57.2 Å². The maximum absolute atomic E-state index is 14.3. The van der Waals surface area contributed by atoms with Crippen LogP contribution >= 0.6 is 22.7 Å². The molecule has 3 aromatic heterocycles. The van der Waals surface area contributed by atoms with Crippen LogP contribution in [-0.4, -0.2) is 117 Å². The Morgan fingerprint density at radius 2 is 1.64 bits per heavy atom. The Morgan fingerprint density at radius 1 is 0.942 bits per heavy atom. The Bertz CT molecular complexity index is 2710. The molecule has 3 N–H and O–H groups in total. The monoisotopic (exact) mass is 977 g/mol. The number of aromatic nitrogens is 4. The van der Waals surface area contributed by atoms with Gasteiger partial charge in [0.25, 0.3) is 0 Å². The number of hydrogen-bond acceptors (Lipinski definition) is 14. The van der Waals surface area contributed by atoms with Crippen molar-refractivity contribution in [2.24, 2.45) is 10.4 Å². The molecule has 3 aliphatic heterocycles. The number of piperidine rings is 1. The van der Waals surface area contributed by atoms with Crippen molar-refractivity contribution in [1.82, 2.24) is 35.3 Å². The fraction of sp³-hybridized carbons (Fsp3) is 0.490. The van der Waals surface area contributed by atoms with Crippen LogP contribution in [0.1, 0.15) is 116 Å². The van der Waals surface area contributed by atoms with Gasteiger partial charge in [-0.25, -0.2) is 4.98 Å². The summed E-state index contributed by atoms with van der Waals surface area (Å²) < 4.78 is 13.2. The highest BCUT2D eigenvalue weighted by atomic mass is 32.1. The number of methoxy groups -OCH3 is 1. The molecule has 16 nitrogen and oxygen atoms in total. The molecule has 2 fully saturated rings. The predicted molar refractivity (Wildman–Crippen MR) is 267 cm³/mol. The normalized spacial score (nSPS) is 19.3. The average molecular weight is 978 g/mol. The lowest BCUT2D eigenvalue weighted by molar-refractivity contribution is -0.145. The first-order valence-corrected chi connectivity index (χ1v) is 25.3. The van der Waals surface area contributed by atoms with E-state index in [1.54, 1.807) is 22.7 Å². The molecule has 6 heterocycles. The van der Waals surface area contributed by atoms with Crippen LogP contribution in [0.5, 0.6) is 0 Å². The summed E-state index contributed by atoms with van der Waals surface area (Å²) in [7, 11) is 1.39. The van der Waals surface area contributed by atoms with Crippen molar-refractivity contribution in [3.63, 3.8) is 0 Å². The number of esters is 1. The number of aliphatic hydroxyl groups is 1. The SMILES string of the molecule is COC(=O)CC[C@@H]1N=C(c2ccc(N3CCC(OCC(=O)N[C@H](C(=O)N4C[C@H](O)C[C@H]4C(=O)N[C@@H](C)c4ccc(-c5scnc5C)cc4)C(C)(C)C)CC3)cc2)c2c(sc(C)c2C)-n2c(C)nnc21. The lowest BCUT2D eigenvalue weighted by atomic mass is 9.85. The number of amides is 3. The fourth-order valence-electron chi connectivity index (χ4n) is 9.46. The van der Waals surface area contributed by atoms with Gasteiger partial charge in [-0.15, -0.1) is 32.9 Å². The lowest BCUT2D eigenvalue weighted by Crippen LogP contribution is -2.58. The maximum Gasteiger partial charge on any atom is 0.305 e. The molecule has 2 aromatic carbocycles. The smallest absolute Gasteiger partial charge is 0.305 e. The Hall–Kier alpha value is -5.82. The van der Waals surface area contributed by atoms with Gasteiger partial charge in [0.15, 0.2) is 5.82 Å². The van der Waals surface area contributed by atoms with E-state index in [1.807, 2.05) is 71.3 Å². The van der Waals surface area contributed by atoms with Crippen molar-refractivity contribution in [2.45, 2.75) is 124 Å². The van der Waals surface area contributed by atoms with E-state index in [0.29, 0.717) is 25.1 Å². The number of carbonyl (C=O) groups excluding carboxylic acids is 4. The van der Waals surface area contributed by atoms with Gasteiger partial charge in [-0.3, -0.25) is 28.7 Å². The number of hydrogen-bond donors (Lipinski definition) is 3. The molecule has 18 heteroatoms. The van der Waals surface area contributed by atoms with Crippen LogP contribution < -0.4 is 15.5 Å². The highest BCUT2D eigenvalue weighted by molar-refractivity contribution is 7.15. The number of aryl methyl sites for hydroxylation is 3. The van der Waals surface area contributed by atoms with E-state index in [-0.39, 0.29) is 50.0 Å². The number of nitrogens with one attached hydrogen (secondary N) is 2. The van der Waals surface area contributed by atoms with Crippen LogP contribution in [0.15, 0.2) is 59.0 Å². The van der Waals surface area contributed by atoms with Crippen LogP contribution in [-0.2, 0) is 28.7 Å². The van der Waals surface area contributed by atoms with Crippen molar-refractivity contribution in [3.05, 3.63) is 98.5 Å². The number of aliphatic imine (C=N–C) groups is 1. The Balaban J connectivity index is 0.861. The molecule has 5 aromatic rings. The molecule has 0 aliphatic carbocycles. The van der Waals surface area contributed by atoms with Gasteiger partial charge >= 0.3 is 5.97 Å². The van der Waals surface area contributed by atoms with E-state index < -0.39 is 41.5 Å². The quantitative estimate of drug-likeness (QED) is 0.0982. The summed E-state index contributed by atoms with van der Waals surface area (Å²) in [6, 6.07) is 13.8. The summed E-state index contributed by atoms with van der Waals surface area (Å²) in [5.74, 6) is -0.0285. The van der Waals surface area contributed by atoms with Crippen molar-refractivity contribution in [1.29, 1.82) is 0 Å². The summed E-state index contributed by atoms with van der Waals surface area (Å²) in [6.07, 6.45) is 1.12. The van der Waals surface area contributed by atoms with Crippen molar-refractivity contribution in [2.75, 3.05) is 38.3 Å². The summed E-state index contributed by atoms with van der Waals surface area (Å²) in [5.41, 5.74) is 9.12. The third-order valence-electron chi connectivity index (χ3n) is 13.5. The van der Waals surface area contributed by atoms with E-state index in [2.05, 4.69) is 73.4 Å². The van der Waals surface area contributed by atoms with E-state index in [9.17, 15) is 24.3 Å². The molecule has 366 valence electrons. The number of fused-ring (bicyclic) bond motifs is 3. The third kappa shape index (κ3) is 10.7. The van der Waals surface area contributed by atoms with Crippen LogP contribution in [0.2, 0.25) is 0 Å². The zero-order valence-electron chi connectivity index (χ0n) is 40.9. The van der Waals surface area contributed by atoms with Crippen LogP contribution in [0, 0.1) is 33.1 Å². The summed E-state index contributed by atoms with van der Waals surface area (Å²) in [5, 5.41) is 26.7. The van der Waals surface area contributed by atoms with E-state index in [0.717, 1.165) is 73.7 Å². The molecule has 0 spiro atoms. The van der Waals surface area contributed by atoms with E-state index in [4.69, 9.17) is 14.5 Å². The molecule has 3 aliphatic rings. The molecular formula is C51H63N9O7S2. The Morgan fingerprint density at radius 3 is 2.29 bits per heavy atom. The van der Waals surface area contributed by atoms with Gasteiger partial charge in [-0.2, -0.15) is 0 Å². The first kappa shape index (κ1) is 49.6. The summed E-state index contributed by atoms with van der Waals surface area (Å²) in [6.45, 7) is 16.8. The topological polar surface area (TPSA) is 193 Å². The van der Waals surface area contributed by atoms with Crippen molar-refractivity contribution in [3.8, 4) is 15.4 Å². The van der Waals surface area contributed by atoms with E-state index in [1.165, 1.54) is 16.9 Å². The molecule has 69 heavy (non-hydrogen) atoms. The number of nitrogens with zero attached hydrogens (tertiary/aromatic N) is 7. The van der Waals surface area contributed by atoms with Gasteiger partial charge in [0.1, 0.15) is 35.6 Å². The number of β-amino-alcohol motifs (C(OH)–C–C–N with tert-alkyl or cyclic N) is 1. The number of thiophene rings is 1. The number of carbonyl (C=O) groups is 4. The van der Waals surface area contributed by atoms with Gasteiger partial charge in [-0.05, 0) is 88.1 Å². The van der Waals surface area contributed by atoms with Crippen LogP contribution in [0.3, 0.4) is 0 Å². The van der Waals surface area contributed by atoms with Gasteiger partial charge < -0.3 is 35.0 Å². The minimum Gasteiger partial charge on any atom is -0.469 e. The zero-order chi connectivity index (χ0) is 49.3. The Labute approximate surface area is 411 Å². The number of aliphatic hydroxyl groups excluding tert-OH is 1. The number of anilines is 1. The first-order chi connectivity index (χ1) is 32.9. The number of rotatable bonds is 14. The standard InChI is InChI=1S/C51H63N9O7S2/c1-28-31(4)69-50-43(28)44(54-39(18-19-42(63)66-9)47-57-56-32(5)60(47)50)34-14-16-36(17-15-34)58-22-20-38(21-23-58)67-26-41(62)55-46(51(6,7)8)49(65)59-25-37(61)24-40(59)48(64)53-29(2)33-10-12-35(13-11-33)45-30(3)52-27-68-45/h10-17,27,29,37-40,46,61H,18-26H2,1-9H3,(H,53,64)(H,55,62)/t29-,37+,39-,40-,46+/m0/s1. The molecule has 8 rings (SSSR count). The van der Waals surface area contributed by atoms with Crippen molar-refractivity contribution < 1.29 is 33.8 Å². The minimum absolute atomic E-state index is 0.0125. The highest BCUT2D eigenvalue weighted by Crippen LogP contribution is 2.40. The summed E-state index contributed by atoms with van der Waals surface area (Å²) >= 11 is 3.27. The molecule has 0 bridgehead atoms. The molecule has 0 radical (unpaired) electrons. The van der Waals surface area contributed by atoms with Gasteiger partial charge in [0, 0.05) is 54.2 Å². The largest absolute Gasteiger partial charge is 0.469 e. The highest BCUT2D eigenvalue weighted by Gasteiger charge is 2.45. The third-order valence-corrected chi connectivity index (χ3v) is 15.7. The maximum atomic E-state index is 14.3. The predicted octanol–water partition coefficient (Wildman–Crippen LogP) is 6.89. The first-order valence-electron chi connectivity index (χ1n) is 23.6. The lowest BCUT2D eigenvalue weighted by Gasteiger charge is -2.36. The average Bonchev–Trinajstić information content (AvgIpc) is 4.10. The second kappa shape index (κ2) is 20.6. The van der Waals surface area contributed by atoms with Gasteiger partial charge in [0.05, 0.1) is 47.2 Å². The fourth-order valence-corrected chi connectivity index (χ4v) is 11.5. The Kier molecular flexibility index (Phi) is 14.8. The molecule has 0 unspecified atom stereocenters. The molecule has 2 saturated heterocycles. The minimum atomic E-state index is -0.961. The second-order valence-corrected chi connectivity index (χ2v) is 21.5. The number of benzene rings is 2. The van der Waals surface area contributed by atoms with Crippen molar-refractivity contribution >= 4 is 57.8 Å². The van der Waals surface area contributed by atoms with Gasteiger partial charge in [0.2, 0.25) is 17.7 Å². The van der Waals surface area contributed by atoms with Crippen LogP contribution in [0.25, 0.3) is 15.4 Å². The number of likely N-dealkylation sites (tertiary alicyclic amines) is 1. The number of thiazole rings is 1. The molecule has 3 amide bonds. The molecule has 5 atom stereocenters. The van der Waals surface area contributed by atoms with E-state index >= 15 is 0 Å². The molecular weight excluding hydrogens is 915 g/mol. The number of ether oxygens (including phenoxy) is 2.